The predicted octanol–water partition coefficient (Wildman–Crippen LogP) is 2.67. The number of pyridine rings is 2. The summed E-state index contributed by atoms with van der Waals surface area (Å²) in [6, 6.07) is 3.60. The van der Waals surface area contributed by atoms with Gasteiger partial charge in [-0.3, -0.25) is 14.7 Å². The zero-order chi connectivity index (χ0) is 16.2. The van der Waals surface area contributed by atoms with Gasteiger partial charge >= 0.3 is 0 Å². The van der Waals surface area contributed by atoms with Gasteiger partial charge < -0.3 is 11.1 Å². The molecule has 1 aliphatic rings. The molecule has 1 saturated heterocycles. The first kappa shape index (κ1) is 15.9. The normalized spacial score (nSPS) is 14.8. The first-order valence-electron chi connectivity index (χ1n) is 7.51. The molecule has 0 radical (unpaired) electrons. The third-order valence-corrected chi connectivity index (χ3v) is 4.32. The number of hydrogen-bond acceptors (Lipinski definition) is 5. The molecule has 0 aliphatic carbocycles. The third-order valence-electron chi connectivity index (χ3n) is 3.88. The lowest BCUT2D eigenvalue weighted by molar-refractivity contribution is 0.102. The summed E-state index contributed by atoms with van der Waals surface area (Å²) < 4.78 is 0.709. The molecule has 1 amide bonds. The number of carbonyl (C=O) groups is 1. The first-order chi connectivity index (χ1) is 11.1. The number of likely N-dealkylation sites (tertiary alicyclic amines) is 1. The van der Waals surface area contributed by atoms with E-state index in [0.29, 0.717) is 15.7 Å². The Morgan fingerprint density at radius 2 is 2.13 bits per heavy atom. The lowest BCUT2D eigenvalue weighted by Gasteiger charge is -2.17. The highest BCUT2D eigenvalue weighted by Gasteiger charge is 2.17. The van der Waals surface area contributed by atoms with Gasteiger partial charge in [-0.2, -0.15) is 0 Å². The van der Waals surface area contributed by atoms with E-state index in [4.69, 9.17) is 5.73 Å². The van der Waals surface area contributed by atoms with Crippen LogP contribution in [0.15, 0.2) is 35.2 Å². The second kappa shape index (κ2) is 7.06. The molecule has 1 fully saturated rings. The summed E-state index contributed by atoms with van der Waals surface area (Å²) in [4.78, 5) is 23.0. The zero-order valence-electron chi connectivity index (χ0n) is 12.6. The van der Waals surface area contributed by atoms with Crippen LogP contribution in [0.2, 0.25) is 0 Å². The average Bonchev–Trinajstić information content (AvgIpc) is 3.04. The van der Waals surface area contributed by atoms with Crippen LogP contribution in [0.1, 0.15) is 28.8 Å². The molecule has 0 saturated carbocycles. The van der Waals surface area contributed by atoms with Crippen LogP contribution in [-0.2, 0) is 6.54 Å². The van der Waals surface area contributed by atoms with E-state index < -0.39 is 0 Å². The lowest BCUT2D eigenvalue weighted by Crippen LogP contribution is -2.21. The molecule has 120 valence electrons. The molecule has 23 heavy (non-hydrogen) atoms. The van der Waals surface area contributed by atoms with Crippen molar-refractivity contribution in [3.8, 4) is 0 Å². The molecule has 1 aliphatic heterocycles. The maximum Gasteiger partial charge on any atom is 0.259 e. The number of nitrogen functional groups attached to an aromatic ring is 1. The summed E-state index contributed by atoms with van der Waals surface area (Å²) in [6.45, 7) is 3.00. The molecule has 0 aromatic carbocycles. The molecule has 3 rings (SSSR count). The number of rotatable bonds is 4. The van der Waals surface area contributed by atoms with Gasteiger partial charge in [0.15, 0.2) is 0 Å². The van der Waals surface area contributed by atoms with Crippen molar-refractivity contribution in [2.75, 3.05) is 24.1 Å². The Morgan fingerprint density at radius 3 is 2.91 bits per heavy atom. The smallest absolute Gasteiger partial charge is 0.259 e. The fourth-order valence-electron chi connectivity index (χ4n) is 2.68. The standard InChI is InChI=1S/C16H18BrN5O/c17-12-7-13(15(18)20-8-12)16(23)21-14-9-19-4-3-11(14)10-22-5-1-2-6-22/h3-4,7-9H,1-2,5-6,10H2,(H2,18,20)(H,21,23). The van der Waals surface area contributed by atoms with E-state index in [9.17, 15) is 4.79 Å². The summed E-state index contributed by atoms with van der Waals surface area (Å²) in [6.07, 6.45) is 7.44. The summed E-state index contributed by atoms with van der Waals surface area (Å²) in [7, 11) is 0. The minimum absolute atomic E-state index is 0.204. The topological polar surface area (TPSA) is 84.1 Å². The summed E-state index contributed by atoms with van der Waals surface area (Å²) in [5.74, 6) is -0.0809. The quantitative estimate of drug-likeness (QED) is 0.857. The predicted molar refractivity (Wildman–Crippen MR) is 93.1 cm³/mol. The van der Waals surface area contributed by atoms with E-state index in [1.54, 1.807) is 24.7 Å². The number of nitrogens with zero attached hydrogens (tertiary/aromatic N) is 3. The van der Waals surface area contributed by atoms with Crippen molar-refractivity contribution in [3.63, 3.8) is 0 Å². The highest BCUT2D eigenvalue weighted by molar-refractivity contribution is 9.10. The second-order valence-corrected chi connectivity index (χ2v) is 6.47. The monoisotopic (exact) mass is 375 g/mol. The Bertz CT molecular complexity index is 715. The van der Waals surface area contributed by atoms with Gasteiger partial charge in [-0.05, 0) is 59.6 Å². The number of anilines is 2. The number of hydrogen-bond donors (Lipinski definition) is 2. The van der Waals surface area contributed by atoms with E-state index >= 15 is 0 Å². The maximum absolute atomic E-state index is 12.5. The van der Waals surface area contributed by atoms with Crippen LogP contribution in [0, 0.1) is 0 Å². The van der Waals surface area contributed by atoms with Crippen molar-refractivity contribution >= 4 is 33.3 Å². The Hall–Kier alpha value is -1.99. The van der Waals surface area contributed by atoms with Crippen LogP contribution in [0.3, 0.4) is 0 Å². The Labute approximate surface area is 143 Å². The Kier molecular flexibility index (Phi) is 4.88. The van der Waals surface area contributed by atoms with Gasteiger partial charge in [0, 0.05) is 23.4 Å². The molecule has 0 atom stereocenters. The minimum Gasteiger partial charge on any atom is -0.383 e. The molecule has 0 spiro atoms. The molecule has 3 heterocycles. The van der Waals surface area contributed by atoms with Gasteiger partial charge in [-0.25, -0.2) is 4.98 Å². The minimum atomic E-state index is -0.285. The van der Waals surface area contributed by atoms with E-state index in [2.05, 4.69) is 36.1 Å². The van der Waals surface area contributed by atoms with Crippen molar-refractivity contribution in [2.45, 2.75) is 19.4 Å². The van der Waals surface area contributed by atoms with Crippen LogP contribution in [0.4, 0.5) is 11.5 Å². The molecule has 0 bridgehead atoms. The Balaban J connectivity index is 1.79. The molecule has 3 N–H and O–H groups in total. The summed E-state index contributed by atoms with van der Waals surface area (Å²) in [5, 5.41) is 2.90. The second-order valence-electron chi connectivity index (χ2n) is 5.56. The SMILES string of the molecule is Nc1ncc(Br)cc1C(=O)Nc1cnccc1CN1CCCC1. The molecule has 6 nitrogen and oxygen atoms in total. The first-order valence-corrected chi connectivity index (χ1v) is 8.30. The van der Waals surface area contributed by atoms with E-state index in [0.717, 1.165) is 25.2 Å². The number of nitrogens with one attached hydrogen (secondary N) is 1. The van der Waals surface area contributed by atoms with E-state index in [1.807, 2.05) is 6.07 Å². The largest absolute Gasteiger partial charge is 0.383 e. The highest BCUT2D eigenvalue weighted by Crippen LogP contribution is 2.21. The van der Waals surface area contributed by atoms with Gasteiger partial charge in [-0.15, -0.1) is 0 Å². The number of carbonyl (C=O) groups excluding carboxylic acids is 1. The van der Waals surface area contributed by atoms with Gasteiger partial charge in [-0.1, -0.05) is 0 Å². The van der Waals surface area contributed by atoms with Crippen LogP contribution in [0.25, 0.3) is 0 Å². The Morgan fingerprint density at radius 1 is 1.35 bits per heavy atom. The van der Waals surface area contributed by atoms with Crippen molar-refractivity contribution in [3.05, 3.63) is 46.3 Å². The third kappa shape index (κ3) is 3.86. The molecular formula is C16H18BrN5O. The fraction of sp³-hybridized carbons (Fsp3) is 0.312. The molecule has 0 unspecified atom stereocenters. The summed E-state index contributed by atoms with van der Waals surface area (Å²) in [5.41, 5.74) is 7.90. The average molecular weight is 376 g/mol. The lowest BCUT2D eigenvalue weighted by atomic mass is 10.2. The van der Waals surface area contributed by atoms with Crippen molar-refractivity contribution in [1.29, 1.82) is 0 Å². The van der Waals surface area contributed by atoms with E-state index in [1.165, 1.54) is 12.8 Å². The van der Waals surface area contributed by atoms with E-state index in [-0.39, 0.29) is 11.7 Å². The van der Waals surface area contributed by atoms with Crippen molar-refractivity contribution in [1.82, 2.24) is 14.9 Å². The number of nitrogens with two attached hydrogens (primary N) is 1. The summed E-state index contributed by atoms with van der Waals surface area (Å²) >= 11 is 3.31. The number of halogens is 1. The number of aromatic nitrogens is 2. The zero-order valence-corrected chi connectivity index (χ0v) is 14.2. The van der Waals surface area contributed by atoms with Gasteiger partial charge in [0.05, 0.1) is 17.4 Å². The van der Waals surface area contributed by atoms with Crippen LogP contribution < -0.4 is 11.1 Å². The van der Waals surface area contributed by atoms with Crippen LogP contribution in [0.5, 0.6) is 0 Å². The molecule has 7 heteroatoms. The van der Waals surface area contributed by atoms with Gasteiger partial charge in [0.2, 0.25) is 0 Å². The van der Waals surface area contributed by atoms with Gasteiger partial charge in [0.25, 0.3) is 5.91 Å². The number of amides is 1. The van der Waals surface area contributed by atoms with Gasteiger partial charge in [0.1, 0.15) is 5.82 Å². The molecule has 2 aromatic heterocycles. The highest BCUT2D eigenvalue weighted by atomic mass is 79.9. The van der Waals surface area contributed by atoms with Crippen molar-refractivity contribution in [2.24, 2.45) is 0 Å². The molecule has 2 aromatic rings. The van der Waals surface area contributed by atoms with Crippen molar-refractivity contribution < 1.29 is 4.79 Å². The van der Waals surface area contributed by atoms with Crippen LogP contribution in [-0.4, -0.2) is 33.9 Å². The maximum atomic E-state index is 12.5. The fourth-order valence-corrected chi connectivity index (χ4v) is 3.01. The molecular weight excluding hydrogens is 358 g/mol. The van der Waals surface area contributed by atoms with Crippen LogP contribution >= 0.6 is 15.9 Å².